The van der Waals surface area contributed by atoms with E-state index in [4.69, 9.17) is 21.4 Å². The molecule has 0 amide bonds. The molecule has 5 rings (SSSR count). The standard InChI is InChI=1S/C22H15Br2ClN2O/c23-14-7-5-13(6-8-14)19-12-20-17-11-15(24)9-10-21(17)28-22(27(20)26-19)16-3-1-2-4-18(16)25/h1-11,20,22H,12H2/t20-,22-/m0/s1. The molecule has 2 aliphatic rings. The van der Waals surface area contributed by atoms with Gasteiger partial charge in [0.1, 0.15) is 5.75 Å². The first kappa shape index (κ1) is 18.2. The highest BCUT2D eigenvalue weighted by molar-refractivity contribution is 9.10. The number of halogens is 3. The first-order valence-electron chi connectivity index (χ1n) is 8.92. The van der Waals surface area contributed by atoms with E-state index in [1.165, 1.54) is 0 Å². The Balaban J connectivity index is 1.62. The van der Waals surface area contributed by atoms with Crippen molar-refractivity contribution in [3.8, 4) is 5.75 Å². The summed E-state index contributed by atoms with van der Waals surface area (Å²) in [6.07, 6.45) is 0.454. The van der Waals surface area contributed by atoms with Gasteiger partial charge in [-0.1, -0.05) is 73.8 Å². The Hall–Kier alpha value is -1.82. The molecule has 0 bridgehead atoms. The maximum atomic E-state index is 6.50. The Labute approximate surface area is 185 Å². The fourth-order valence-corrected chi connectivity index (χ4v) is 4.63. The zero-order valence-corrected chi connectivity index (χ0v) is 18.6. The normalized spacial score (nSPS) is 20.2. The quantitative estimate of drug-likeness (QED) is 0.361. The third-order valence-corrected chi connectivity index (χ3v) is 6.47. The highest BCUT2D eigenvalue weighted by Gasteiger charge is 2.41. The van der Waals surface area contributed by atoms with Crippen molar-refractivity contribution in [3.63, 3.8) is 0 Å². The van der Waals surface area contributed by atoms with Crippen molar-refractivity contribution in [3.05, 3.63) is 97.4 Å². The number of ether oxygens (including phenoxy) is 1. The number of hydrogen-bond acceptors (Lipinski definition) is 3. The van der Waals surface area contributed by atoms with Gasteiger partial charge in [0.15, 0.2) is 0 Å². The molecule has 0 spiro atoms. The molecule has 2 heterocycles. The lowest BCUT2D eigenvalue weighted by molar-refractivity contribution is -0.0190. The van der Waals surface area contributed by atoms with Crippen LogP contribution in [0.3, 0.4) is 0 Å². The SMILES string of the molecule is Clc1ccccc1[C@@H]1Oc2ccc(Br)cc2[C@@H]2CC(c3ccc(Br)cc3)=NN21. The molecule has 3 aromatic rings. The van der Waals surface area contributed by atoms with Crippen LogP contribution in [0.15, 0.2) is 80.8 Å². The van der Waals surface area contributed by atoms with Crippen molar-refractivity contribution in [2.75, 3.05) is 0 Å². The Morgan fingerprint density at radius 1 is 0.929 bits per heavy atom. The van der Waals surface area contributed by atoms with Gasteiger partial charge in [-0.3, -0.25) is 0 Å². The number of fused-ring (bicyclic) bond motifs is 3. The number of hydrazone groups is 1. The molecular formula is C22H15Br2ClN2O. The maximum Gasteiger partial charge on any atom is 0.215 e. The van der Waals surface area contributed by atoms with Gasteiger partial charge in [-0.05, 0) is 42.0 Å². The Morgan fingerprint density at radius 2 is 1.68 bits per heavy atom. The predicted molar refractivity (Wildman–Crippen MR) is 119 cm³/mol. The number of benzene rings is 3. The lowest BCUT2D eigenvalue weighted by Crippen LogP contribution is -2.33. The molecule has 0 N–H and O–H groups in total. The lowest BCUT2D eigenvalue weighted by Gasteiger charge is -2.38. The fraction of sp³-hybridized carbons (Fsp3) is 0.136. The van der Waals surface area contributed by atoms with Crippen molar-refractivity contribution in [1.82, 2.24) is 5.01 Å². The topological polar surface area (TPSA) is 24.8 Å². The van der Waals surface area contributed by atoms with Gasteiger partial charge < -0.3 is 4.74 Å². The molecule has 2 atom stereocenters. The van der Waals surface area contributed by atoms with Crippen LogP contribution in [0, 0.1) is 0 Å². The maximum absolute atomic E-state index is 6.50. The van der Waals surface area contributed by atoms with E-state index in [9.17, 15) is 0 Å². The van der Waals surface area contributed by atoms with E-state index < -0.39 is 0 Å². The molecule has 3 nitrogen and oxygen atoms in total. The van der Waals surface area contributed by atoms with Crippen molar-refractivity contribution in [2.45, 2.75) is 18.7 Å². The average molecular weight is 519 g/mol. The Bertz CT molecular complexity index is 1080. The van der Waals surface area contributed by atoms with Gasteiger partial charge in [0.2, 0.25) is 6.23 Å². The molecule has 0 saturated heterocycles. The van der Waals surface area contributed by atoms with Gasteiger partial charge >= 0.3 is 0 Å². The minimum absolute atomic E-state index is 0.0983. The first-order chi connectivity index (χ1) is 13.6. The fourth-order valence-electron chi connectivity index (χ4n) is 3.76. The van der Waals surface area contributed by atoms with Gasteiger partial charge in [0.05, 0.1) is 11.8 Å². The summed E-state index contributed by atoms with van der Waals surface area (Å²) in [6.45, 7) is 0. The van der Waals surface area contributed by atoms with Crippen LogP contribution in [-0.2, 0) is 0 Å². The van der Waals surface area contributed by atoms with Gasteiger partial charge in [-0.25, -0.2) is 5.01 Å². The van der Waals surface area contributed by atoms with Gasteiger partial charge in [0, 0.05) is 31.5 Å². The van der Waals surface area contributed by atoms with Crippen molar-refractivity contribution < 1.29 is 4.74 Å². The molecule has 0 fully saturated rings. The highest BCUT2D eigenvalue weighted by Crippen LogP contribution is 2.49. The lowest BCUT2D eigenvalue weighted by atomic mass is 9.96. The van der Waals surface area contributed by atoms with Crippen LogP contribution in [0.1, 0.15) is 35.4 Å². The van der Waals surface area contributed by atoms with Crippen molar-refractivity contribution >= 4 is 49.2 Å². The van der Waals surface area contributed by atoms with E-state index in [0.29, 0.717) is 5.02 Å². The second kappa shape index (κ2) is 7.21. The molecule has 140 valence electrons. The van der Waals surface area contributed by atoms with Crippen LogP contribution in [0.5, 0.6) is 5.75 Å². The third kappa shape index (κ3) is 3.15. The summed E-state index contributed by atoms with van der Waals surface area (Å²) in [5, 5.41) is 7.70. The highest BCUT2D eigenvalue weighted by atomic mass is 79.9. The largest absolute Gasteiger partial charge is 0.464 e. The summed E-state index contributed by atoms with van der Waals surface area (Å²) in [6, 6.07) is 22.3. The van der Waals surface area contributed by atoms with E-state index in [-0.39, 0.29) is 12.3 Å². The van der Waals surface area contributed by atoms with E-state index >= 15 is 0 Å². The molecular weight excluding hydrogens is 504 g/mol. The number of hydrogen-bond donors (Lipinski definition) is 0. The Morgan fingerprint density at radius 3 is 2.46 bits per heavy atom. The van der Waals surface area contributed by atoms with Crippen molar-refractivity contribution in [2.24, 2.45) is 5.10 Å². The van der Waals surface area contributed by atoms with Gasteiger partial charge in [-0.15, -0.1) is 0 Å². The molecule has 28 heavy (non-hydrogen) atoms. The summed E-state index contributed by atoms with van der Waals surface area (Å²) in [5.74, 6) is 0.877. The zero-order valence-electron chi connectivity index (χ0n) is 14.6. The van der Waals surface area contributed by atoms with Gasteiger partial charge in [0.25, 0.3) is 0 Å². The monoisotopic (exact) mass is 516 g/mol. The van der Waals surface area contributed by atoms with Crippen LogP contribution in [0.4, 0.5) is 0 Å². The smallest absolute Gasteiger partial charge is 0.215 e. The summed E-state index contributed by atoms with van der Waals surface area (Å²) in [4.78, 5) is 0. The minimum Gasteiger partial charge on any atom is -0.464 e. The summed E-state index contributed by atoms with van der Waals surface area (Å²) in [7, 11) is 0. The number of nitrogens with zero attached hydrogens (tertiary/aromatic N) is 2. The predicted octanol–water partition coefficient (Wildman–Crippen LogP) is 7.11. The van der Waals surface area contributed by atoms with Crippen LogP contribution in [0.2, 0.25) is 5.02 Å². The van der Waals surface area contributed by atoms with E-state index in [0.717, 1.165) is 43.5 Å². The molecule has 0 radical (unpaired) electrons. The molecule has 2 aliphatic heterocycles. The van der Waals surface area contributed by atoms with E-state index in [2.05, 4.69) is 50.1 Å². The molecule has 0 unspecified atom stereocenters. The molecule has 0 aliphatic carbocycles. The third-order valence-electron chi connectivity index (χ3n) is 5.10. The first-order valence-corrected chi connectivity index (χ1v) is 10.9. The zero-order chi connectivity index (χ0) is 19.3. The summed E-state index contributed by atoms with van der Waals surface area (Å²) < 4.78 is 8.46. The molecule has 0 saturated carbocycles. The second-order valence-corrected chi connectivity index (χ2v) is 9.07. The minimum atomic E-state index is -0.361. The number of rotatable bonds is 2. The molecule has 3 aromatic carbocycles. The van der Waals surface area contributed by atoms with Gasteiger partial charge in [-0.2, -0.15) is 5.10 Å². The van der Waals surface area contributed by atoms with Crippen LogP contribution < -0.4 is 4.74 Å². The Kier molecular flexibility index (Phi) is 4.69. The van der Waals surface area contributed by atoms with E-state index in [1.807, 2.05) is 53.5 Å². The second-order valence-electron chi connectivity index (χ2n) is 6.83. The average Bonchev–Trinajstić information content (AvgIpc) is 3.14. The van der Waals surface area contributed by atoms with Crippen molar-refractivity contribution in [1.29, 1.82) is 0 Å². The van der Waals surface area contributed by atoms with Crippen LogP contribution >= 0.6 is 43.5 Å². The van der Waals surface area contributed by atoms with E-state index in [1.54, 1.807) is 0 Å². The summed E-state index contributed by atoms with van der Waals surface area (Å²) >= 11 is 13.6. The van der Waals surface area contributed by atoms with Crippen LogP contribution in [-0.4, -0.2) is 10.7 Å². The molecule has 6 heteroatoms. The molecule has 0 aromatic heterocycles. The van der Waals surface area contributed by atoms with Crippen LogP contribution in [0.25, 0.3) is 0 Å². The summed E-state index contributed by atoms with van der Waals surface area (Å²) in [5.41, 5.74) is 4.22.